The summed E-state index contributed by atoms with van der Waals surface area (Å²) in [5.74, 6) is 1.04. The first-order chi connectivity index (χ1) is 18.1. The molecular weight excluding hydrogens is 477 g/mol. The molecule has 1 atom stereocenters. The summed E-state index contributed by atoms with van der Waals surface area (Å²) in [6.45, 7) is 5.72. The van der Waals surface area contributed by atoms with Crippen molar-refractivity contribution in [2.24, 2.45) is 0 Å². The molecule has 0 bridgehead atoms. The molecule has 1 N–H and O–H groups in total. The average Bonchev–Trinajstić information content (AvgIpc) is 3.37. The normalized spacial score (nSPS) is 15.3. The third-order valence-corrected chi connectivity index (χ3v) is 6.63. The first-order valence-corrected chi connectivity index (χ1v) is 12.4. The number of fused-ring (bicyclic) bond motifs is 1. The number of methoxy groups -OCH3 is 1. The number of hydrogen-bond acceptors (Lipinski definition) is 8. The molecule has 194 valence electrons. The Balaban J connectivity index is 1.53. The molecule has 1 aliphatic heterocycles. The maximum absolute atomic E-state index is 14.4. The minimum atomic E-state index is -0.501. The Kier molecular flexibility index (Phi) is 7.42. The summed E-state index contributed by atoms with van der Waals surface area (Å²) >= 11 is 0. The SMILES string of the molecule is CCOc1ccc2[nH]c(=O)c(C(c3nnnn3CCOC)N3CCN(c4ccccc4F)CC3)cc2c1. The third kappa shape index (κ3) is 5.18. The zero-order valence-electron chi connectivity index (χ0n) is 20.9. The monoisotopic (exact) mass is 507 g/mol. The van der Waals surface area contributed by atoms with Crippen LogP contribution in [0.25, 0.3) is 10.9 Å². The highest BCUT2D eigenvalue weighted by atomic mass is 19.1. The number of benzene rings is 2. The minimum absolute atomic E-state index is 0.209. The second kappa shape index (κ2) is 11.1. The second-order valence-corrected chi connectivity index (χ2v) is 8.87. The summed E-state index contributed by atoms with van der Waals surface area (Å²) in [5.41, 5.74) is 1.63. The van der Waals surface area contributed by atoms with E-state index < -0.39 is 6.04 Å². The number of piperazine rings is 1. The highest BCUT2D eigenvalue weighted by Gasteiger charge is 2.33. The fourth-order valence-corrected chi connectivity index (χ4v) is 4.83. The van der Waals surface area contributed by atoms with Gasteiger partial charge in [-0.05, 0) is 53.7 Å². The molecule has 0 spiro atoms. The van der Waals surface area contributed by atoms with Crippen molar-refractivity contribution < 1.29 is 13.9 Å². The lowest BCUT2D eigenvalue weighted by Gasteiger charge is -2.39. The molecule has 1 saturated heterocycles. The molecule has 0 aliphatic carbocycles. The van der Waals surface area contributed by atoms with Crippen LogP contribution in [0.1, 0.15) is 24.4 Å². The van der Waals surface area contributed by atoms with Crippen molar-refractivity contribution in [1.82, 2.24) is 30.1 Å². The number of H-pyrrole nitrogens is 1. The summed E-state index contributed by atoms with van der Waals surface area (Å²) in [7, 11) is 1.62. The lowest BCUT2D eigenvalue weighted by atomic mass is 10.0. The Bertz CT molecular complexity index is 1410. The Labute approximate surface area is 213 Å². The Morgan fingerprint density at radius 2 is 1.92 bits per heavy atom. The van der Waals surface area contributed by atoms with Crippen LogP contribution >= 0.6 is 0 Å². The molecule has 2 aromatic heterocycles. The number of rotatable bonds is 9. The first kappa shape index (κ1) is 24.8. The van der Waals surface area contributed by atoms with Gasteiger partial charge in [0, 0.05) is 49.8 Å². The molecule has 10 nitrogen and oxygen atoms in total. The van der Waals surface area contributed by atoms with Crippen LogP contribution in [0, 0.1) is 5.82 Å². The lowest BCUT2D eigenvalue weighted by molar-refractivity contribution is 0.171. The van der Waals surface area contributed by atoms with Gasteiger partial charge in [0.25, 0.3) is 5.56 Å². The van der Waals surface area contributed by atoms with Gasteiger partial charge in [-0.2, -0.15) is 0 Å². The van der Waals surface area contributed by atoms with Crippen molar-refractivity contribution in [2.75, 3.05) is 51.4 Å². The zero-order chi connectivity index (χ0) is 25.8. The number of nitrogens with zero attached hydrogens (tertiary/aromatic N) is 6. The molecule has 1 unspecified atom stereocenters. The molecule has 0 radical (unpaired) electrons. The van der Waals surface area contributed by atoms with E-state index >= 15 is 0 Å². The summed E-state index contributed by atoms with van der Waals surface area (Å²) in [6, 6.07) is 13.8. The minimum Gasteiger partial charge on any atom is -0.494 e. The number of pyridine rings is 1. The standard InChI is InChI=1S/C26H30FN7O3/c1-3-37-19-8-9-22-18(16-19)17-20(26(35)28-22)24(25-29-30-31-34(25)14-15-36-2)33-12-10-32(11-13-33)23-7-5-4-6-21(23)27/h4-9,16-17,24H,3,10-15H2,1-2H3,(H,28,35). The number of aromatic amines is 1. The van der Waals surface area contributed by atoms with Crippen LogP contribution in [-0.2, 0) is 11.3 Å². The molecule has 3 heterocycles. The topological polar surface area (TPSA) is 101 Å². The van der Waals surface area contributed by atoms with Crippen molar-refractivity contribution in [1.29, 1.82) is 0 Å². The molecule has 5 rings (SSSR count). The van der Waals surface area contributed by atoms with Gasteiger partial charge in [-0.1, -0.05) is 12.1 Å². The van der Waals surface area contributed by atoms with Gasteiger partial charge in [0.1, 0.15) is 17.6 Å². The molecule has 37 heavy (non-hydrogen) atoms. The fourth-order valence-electron chi connectivity index (χ4n) is 4.83. The van der Waals surface area contributed by atoms with Crippen molar-refractivity contribution in [3.63, 3.8) is 0 Å². The van der Waals surface area contributed by atoms with Crippen LogP contribution in [0.3, 0.4) is 0 Å². The summed E-state index contributed by atoms with van der Waals surface area (Å²) in [4.78, 5) is 20.6. The van der Waals surface area contributed by atoms with Gasteiger partial charge in [0.05, 0.1) is 25.4 Å². The van der Waals surface area contributed by atoms with Gasteiger partial charge in [0.2, 0.25) is 0 Å². The van der Waals surface area contributed by atoms with Gasteiger partial charge in [-0.15, -0.1) is 5.10 Å². The van der Waals surface area contributed by atoms with E-state index in [2.05, 4.69) is 25.4 Å². The lowest BCUT2D eigenvalue weighted by Crippen LogP contribution is -2.49. The number of tetrazole rings is 1. The zero-order valence-corrected chi connectivity index (χ0v) is 20.9. The van der Waals surface area contributed by atoms with Crippen molar-refractivity contribution in [3.8, 4) is 5.75 Å². The van der Waals surface area contributed by atoms with Gasteiger partial charge in [0.15, 0.2) is 5.82 Å². The Morgan fingerprint density at radius 1 is 1.11 bits per heavy atom. The van der Waals surface area contributed by atoms with Crippen LogP contribution in [-0.4, -0.2) is 76.6 Å². The molecular formula is C26H30FN7O3. The van der Waals surface area contributed by atoms with E-state index in [4.69, 9.17) is 9.47 Å². The molecule has 11 heteroatoms. The van der Waals surface area contributed by atoms with Gasteiger partial charge < -0.3 is 19.4 Å². The predicted molar refractivity (Wildman–Crippen MR) is 137 cm³/mol. The number of para-hydroxylation sites is 1. The number of aromatic nitrogens is 5. The maximum atomic E-state index is 14.4. The van der Waals surface area contributed by atoms with E-state index in [9.17, 15) is 9.18 Å². The van der Waals surface area contributed by atoms with Gasteiger partial charge in [-0.25, -0.2) is 9.07 Å². The molecule has 4 aromatic rings. The Morgan fingerprint density at radius 3 is 2.68 bits per heavy atom. The smallest absolute Gasteiger partial charge is 0.253 e. The van der Waals surface area contributed by atoms with E-state index in [1.54, 1.807) is 23.9 Å². The van der Waals surface area contributed by atoms with E-state index in [1.165, 1.54) is 6.07 Å². The van der Waals surface area contributed by atoms with Crippen molar-refractivity contribution in [3.05, 3.63) is 76.1 Å². The largest absolute Gasteiger partial charge is 0.494 e. The third-order valence-electron chi connectivity index (χ3n) is 6.63. The first-order valence-electron chi connectivity index (χ1n) is 12.4. The molecule has 0 amide bonds. The summed E-state index contributed by atoms with van der Waals surface area (Å²) in [5, 5.41) is 13.3. The molecule has 1 aliphatic rings. The second-order valence-electron chi connectivity index (χ2n) is 8.87. The predicted octanol–water partition coefficient (Wildman–Crippen LogP) is 2.61. The highest BCUT2D eigenvalue weighted by molar-refractivity contribution is 5.80. The van der Waals surface area contributed by atoms with E-state index in [1.807, 2.05) is 42.2 Å². The van der Waals surface area contributed by atoms with Crippen molar-refractivity contribution >= 4 is 16.6 Å². The van der Waals surface area contributed by atoms with Crippen LogP contribution in [0.15, 0.2) is 53.3 Å². The van der Waals surface area contributed by atoms with Crippen molar-refractivity contribution in [2.45, 2.75) is 19.5 Å². The van der Waals surface area contributed by atoms with E-state index in [0.717, 1.165) is 16.7 Å². The quantitative estimate of drug-likeness (QED) is 0.369. The van der Waals surface area contributed by atoms with E-state index in [-0.39, 0.29) is 11.4 Å². The number of anilines is 1. The maximum Gasteiger partial charge on any atom is 0.253 e. The number of ether oxygens (including phenoxy) is 2. The molecule has 2 aromatic carbocycles. The van der Waals surface area contributed by atoms with Crippen LogP contribution < -0.4 is 15.2 Å². The molecule has 1 fully saturated rings. The molecule has 0 saturated carbocycles. The Hall–Kier alpha value is -3.83. The van der Waals surface area contributed by atoms with E-state index in [0.29, 0.717) is 63.0 Å². The van der Waals surface area contributed by atoms with Gasteiger partial charge in [-0.3, -0.25) is 9.69 Å². The fraction of sp³-hybridized carbons (Fsp3) is 0.385. The van der Waals surface area contributed by atoms with Gasteiger partial charge >= 0.3 is 0 Å². The highest BCUT2D eigenvalue weighted by Crippen LogP contribution is 2.30. The summed E-state index contributed by atoms with van der Waals surface area (Å²) in [6.07, 6.45) is 0. The van der Waals surface area contributed by atoms with Crippen LogP contribution in [0.4, 0.5) is 10.1 Å². The average molecular weight is 508 g/mol. The number of hydrogen-bond donors (Lipinski definition) is 1. The van der Waals surface area contributed by atoms with Crippen LogP contribution in [0.5, 0.6) is 5.75 Å². The number of halogens is 1. The number of nitrogens with one attached hydrogen (secondary N) is 1. The van der Waals surface area contributed by atoms with Crippen LogP contribution in [0.2, 0.25) is 0 Å². The summed E-state index contributed by atoms with van der Waals surface area (Å²) < 4.78 is 27.0.